The number of amides is 1. The number of piperazine rings is 1. The molecule has 0 radical (unpaired) electrons. The third kappa shape index (κ3) is 4.97. The summed E-state index contributed by atoms with van der Waals surface area (Å²) < 4.78 is 26.8. The number of nitrogens with zero attached hydrogens (tertiary/aromatic N) is 4. The topological polar surface area (TPSA) is 41.4 Å². The molecule has 0 aliphatic carbocycles. The molecule has 9 heteroatoms. The van der Waals surface area contributed by atoms with Gasteiger partial charge in [0.25, 0.3) is 6.43 Å². The summed E-state index contributed by atoms with van der Waals surface area (Å²) in [5.74, 6) is -0.115. The first-order valence-corrected chi connectivity index (χ1v) is 9.35. The van der Waals surface area contributed by atoms with Crippen molar-refractivity contribution in [3.8, 4) is 0 Å². The van der Waals surface area contributed by atoms with Crippen LogP contribution in [0.3, 0.4) is 0 Å². The Labute approximate surface area is 166 Å². The molecule has 0 N–H and O–H groups in total. The summed E-state index contributed by atoms with van der Waals surface area (Å²) in [6.45, 7) is 5.00. The average molecular weight is 417 g/mol. The standard InChI is InChI=1S/C18H20Cl2F2N4O/c1-12-8-16(18(21)22)23-26(12)11-17(27)25-6-4-24(5-7-25)10-13-2-3-14(19)15(20)9-13/h2-3,8-9,18H,4-7,10-11H2,1H3. The van der Waals surface area contributed by atoms with Gasteiger partial charge in [-0.25, -0.2) is 8.78 Å². The second-order valence-corrected chi connectivity index (χ2v) is 7.39. The van der Waals surface area contributed by atoms with E-state index < -0.39 is 6.43 Å². The van der Waals surface area contributed by atoms with Crippen molar-refractivity contribution in [2.75, 3.05) is 26.2 Å². The van der Waals surface area contributed by atoms with Crippen LogP contribution in [-0.2, 0) is 17.9 Å². The van der Waals surface area contributed by atoms with Gasteiger partial charge in [-0.2, -0.15) is 5.10 Å². The zero-order valence-corrected chi connectivity index (χ0v) is 16.4. The number of benzene rings is 1. The van der Waals surface area contributed by atoms with Gasteiger partial charge in [0.2, 0.25) is 5.91 Å². The molecular formula is C18H20Cl2F2N4O. The Morgan fingerprint density at radius 1 is 1.15 bits per heavy atom. The summed E-state index contributed by atoms with van der Waals surface area (Å²) >= 11 is 12.0. The highest BCUT2D eigenvalue weighted by Crippen LogP contribution is 2.23. The monoisotopic (exact) mass is 416 g/mol. The third-order valence-corrected chi connectivity index (χ3v) is 5.36. The van der Waals surface area contributed by atoms with Crippen molar-refractivity contribution in [1.82, 2.24) is 19.6 Å². The summed E-state index contributed by atoms with van der Waals surface area (Å²) in [7, 11) is 0. The molecule has 1 aromatic heterocycles. The first-order chi connectivity index (χ1) is 12.8. The molecule has 1 aromatic carbocycles. The Balaban J connectivity index is 1.52. The number of carbonyl (C=O) groups excluding carboxylic acids is 1. The van der Waals surface area contributed by atoms with Crippen molar-refractivity contribution in [2.45, 2.75) is 26.4 Å². The van der Waals surface area contributed by atoms with Crippen LogP contribution in [0.15, 0.2) is 24.3 Å². The first-order valence-electron chi connectivity index (χ1n) is 8.60. The van der Waals surface area contributed by atoms with Gasteiger partial charge in [0.1, 0.15) is 12.2 Å². The SMILES string of the molecule is Cc1cc(C(F)F)nn1CC(=O)N1CCN(Cc2ccc(Cl)c(Cl)c2)CC1. The Morgan fingerprint density at radius 3 is 2.44 bits per heavy atom. The van der Waals surface area contributed by atoms with Crippen LogP contribution in [0.25, 0.3) is 0 Å². The van der Waals surface area contributed by atoms with E-state index in [9.17, 15) is 13.6 Å². The zero-order chi connectivity index (χ0) is 19.6. The van der Waals surface area contributed by atoms with Gasteiger partial charge < -0.3 is 4.90 Å². The Morgan fingerprint density at radius 2 is 1.85 bits per heavy atom. The average Bonchev–Trinajstić information content (AvgIpc) is 3.00. The van der Waals surface area contributed by atoms with Crippen LogP contribution in [0.5, 0.6) is 0 Å². The largest absolute Gasteiger partial charge is 0.339 e. The van der Waals surface area contributed by atoms with Crippen molar-refractivity contribution in [2.24, 2.45) is 0 Å². The van der Waals surface area contributed by atoms with Crippen LogP contribution < -0.4 is 0 Å². The normalized spacial score (nSPS) is 15.6. The van der Waals surface area contributed by atoms with E-state index >= 15 is 0 Å². The maximum Gasteiger partial charge on any atom is 0.282 e. The highest BCUT2D eigenvalue weighted by atomic mass is 35.5. The summed E-state index contributed by atoms with van der Waals surface area (Å²) in [4.78, 5) is 16.5. The van der Waals surface area contributed by atoms with Gasteiger partial charge in [-0.15, -0.1) is 0 Å². The van der Waals surface area contributed by atoms with E-state index in [4.69, 9.17) is 23.2 Å². The zero-order valence-electron chi connectivity index (χ0n) is 14.8. The van der Waals surface area contributed by atoms with E-state index in [-0.39, 0.29) is 18.1 Å². The van der Waals surface area contributed by atoms with E-state index in [2.05, 4.69) is 10.00 Å². The van der Waals surface area contributed by atoms with E-state index in [1.54, 1.807) is 17.9 Å². The maximum atomic E-state index is 12.7. The fourth-order valence-electron chi connectivity index (χ4n) is 3.08. The molecule has 1 fully saturated rings. The molecule has 1 aliphatic rings. The molecule has 0 saturated carbocycles. The molecule has 27 heavy (non-hydrogen) atoms. The molecule has 1 saturated heterocycles. The van der Waals surface area contributed by atoms with E-state index in [0.717, 1.165) is 25.2 Å². The Hall–Kier alpha value is -1.70. The molecule has 5 nitrogen and oxygen atoms in total. The number of carbonyl (C=O) groups is 1. The number of halogens is 4. The van der Waals surface area contributed by atoms with Gasteiger partial charge in [0.05, 0.1) is 10.0 Å². The van der Waals surface area contributed by atoms with Gasteiger partial charge in [-0.1, -0.05) is 29.3 Å². The van der Waals surface area contributed by atoms with Crippen LogP contribution in [0.1, 0.15) is 23.4 Å². The van der Waals surface area contributed by atoms with E-state index in [1.807, 2.05) is 12.1 Å². The predicted molar refractivity (Wildman–Crippen MR) is 100 cm³/mol. The molecule has 3 rings (SSSR count). The quantitative estimate of drug-likeness (QED) is 0.744. The minimum absolute atomic E-state index is 0.0225. The van der Waals surface area contributed by atoms with Crippen LogP contribution in [0.2, 0.25) is 10.0 Å². The summed E-state index contributed by atoms with van der Waals surface area (Å²) in [6.07, 6.45) is -2.63. The third-order valence-electron chi connectivity index (χ3n) is 4.62. The molecule has 1 aliphatic heterocycles. The van der Waals surface area contributed by atoms with Crippen molar-refractivity contribution in [1.29, 1.82) is 0 Å². The van der Waals surface area contributed by atoms with Gasteiger partial charge in [-0.05, 0) is 30.7 Å². The molecule has 2 aromatic rings. The second-order valence-electron chi connectivity index (χ2n) is 6.57. The highest BCUT2D eigenvalue weighted by Gasteiger charge is 2.23. The molecule has 2 heterocycles. The van der Waals surface area contributed by atoms with Crippen LogP contribution >= 0.6 is 23.2 Å². The van der Waals surface area contributed by atoms with Gasteiger partial charge >= 0.3 is 0 Å². The lowest BCUT2D eigenvalue weighted by molar-refractivity contribution is -0.133. The summed E-state index contributed by atoms with van der Waals surface area (Å²) in [5.41, 5.74) is 1.32. The first kappa shape index (κ1) is 20.0. The van der Waals surface area contributed by atoms with Crippen LogP contribution in [0, 0.1) is 6.92 Å². The molecule has 0 unspecified atom stereocenters. The highest BCUT2D eigenvalue weighted by molar-refractivity contribution is 6.42. The van der Waals surface area contributed by atoms with Crippen molar-refractivity contribution < 1.29 is 13.6 Å². The Bertz CT molecular complexity index is 820. The second kappa shape index (κ2) is 8.54. The van der Waals surface area contributed by atoms with Gasteiger partial charge in [0.15, 0.2) is 0 Å². The fourth-order valence-corrected chi connectivity index (χ4v) is 3.40. The van der Waals surface area contributed by atoms with Crippen molar-refractivity contribution in [3.05, 3.63) is 51.3 Å². The number of rotatable bonds is 5. The molecule has 0 bridgehead atoms. The Kier molecular flexibility index (Phi) is 6.34. The lowest BCUT2D eigenvalue weighted by Gasteiger charge is -2.34. The van der Waals surface area contributed by atoms with Crippen LogP contribution in [-0.4, -0.2) is 51.7 Å². The fraction of sp³-hybridized carbons (Fsp3) is 0.444. The van der Waals surface area contributed by atoms with Crippen LogP contribution in [0.4, 0.5) is 8.78 Å². The number of hydrogen-bond donors (Lipinski definition) is 0. The van der Waals surface area contributed by atoms with Gasteiger partial charge in [0, 0.05) is 38.4 Å². The minimum atomic E-state index is -2.63. The number of hydrogen-bond acceptors (Lipinski definition) is 3. The number of alkyl halides is 2. The molecule has 0 spiro atoms. The summed E-state index contributed by atoms with van der Waals surface area (Å²) in [6, 6.07) is 6.88. The van der Waals surface area contributed by atoms with E-state index in [1.165, 1.54) is 10.7 Å². The minimum Gasteiger partial charge on any atom is -0.339 e. The number of aromatic nitrogens is 2. The molecular weight excluding hydrogens is 397 g/mol. The van der Waals surface area contributed by atoms with Gasteiger partial charge in [-0.3, -0.25) is 14.4 Å². The molecule has 0 atom stereocenters. The molecule has 1 amide bonds. The lowest BCUT2D eigenvalue weighted by Crippen LogP contribution is -2.49. The van der Waals surface area contributed by atoms with Crippen molar-refractivity contribution in [3.63, 3.8) is 0 Å². The van der Waals surface area contributed by atoms with E-state index in [0.29, 0.717) is 28.8 Å². The maximum absolute atomic E-state index is 12.7. The molecule has 146 valence electrons. The summed E-state index contributed by atoms with van der Waals surface area (Å²) in [5, 5.41) is 4.87. The lowest BCUT2D eigenvalue weighted by atomic mass is 10.2. The smallest absolute Gasteiger partial charge is 0.282 e. The number of aryl methyl sites for hydroxylation is 1. The van der Waals surface area contributed by atoms with Crippen molar-refractivity contribution >= 4 is 29.1 Å². The predicted octanol–water partition coefficient (Wildman–Crippen LogP) is 3.78.